The predicted octanol–water partition coefficient (Wildman–Crippen LogP) is 2.26. The minimum absolute atomic E-state index is 0.321. The van der Waals surface area contributed by atoms with Gasteiger partial charge in [-0.15, -0.1) is 0 Å². The van der Waals surface area contributed by atoms with Gasteiger partial charge in [-0.05, 0) is 13.0 Å². The van der Waals surface area contributed by atoms with Crippen molar-refractivity contribution in [2.24, 2.45) is 0 Å². The molecular formula is C16H30N2O3. The molecule has 0 aromatic carbocycles. The molecule has 1 N–H and O–H groups in total. The third-order valence-electron chi connectivity index (χ3n) is 3.50. The van der Waals surface area contributed by atoms with E-state index in [0.29, 0.717) is 25.3 Å². The first-order valence-corrected chi connectivity index (χ1v) is 7.59. The standard InChI is InChI=1S/C16H30N2O3/c1-13(2)17-10-15-6-8-21-16(15)11-18(7-9-19-4)14(3)12-20-5/h6,8,13-14,17H,7,9-12H2,1-5H3. The van der Waals surface area contributed by atoms with Gasteiger partial charge < -0.3 is 19.2 Å². The van der Waals surface area contributed by atoms with Gasteiger partial charge in [-0.1, -0.05) is 13.8 Å². The molecule has 1 unspecified atom stereocenters. The van der Waals surface area contributed by atoms with Crippen LogP contribution in [0.2, 0.25) is 0 Å². The molecule has 0 aliphatic rings. The molecule has 1 aromatic rings. The lowest BCUT2D eigenvalue weighted by Crippen LogP contribution is -2.38. The third kappa shape index (κ3) is 6.61. The first kappa shape index (κ1) is 18.2. The number of nitrogens with one attached hydrogen (secondary N) is 1. The van der Waals surface area contributed by atoms with Crippen LogP contribution in [-0.2, 0) is 22.6 Å². The number of methoxy groups -OCH3 is 2. The summed E-state index contributed by atoms with van der Waals surface area (Å²) in [6.45, 7) is 10.3. The molecule has 0 radical (unpaired) electrons. The number of rotatable bonds is 11. The number of hydrogen-bond donors (Lipinski definition) is 1. The summed E-state index contributed by atoms with van der Waals surface area (Å²) in [5.74, 6) is 1.02. The van der Waals surface area contributed by atoms with E-state index in [1.165, 1.54) is 5.56 Å². The van der Waals surface area contributed by atoms with E-state index in [1.807, 2.05) is 6.07 Å². The Kier molecular flexibility index (Phi) is 8.61. The number of ether oxygens (including phenoxy) is 2. The molecule has 21 heavy (non-hydrogen) atoms. The van der Waals surface area contributed by atoms with E-state index in [2.05, 4.69) is 31.0 Å². The number of hydrogen-bond acceptors (Lipinski definition) is 5. The van der Waals surface area contributed by atoms with Crippen LogP contribution < -0.4 is 5.32 Å². The fourth-order valence-corrected chi connectivity index (χ4v) is 2.17. The average molecular weight is 298 g/mol. The van der Waals surface area contributed by atoms with Crippen LogP contribution in [0.5, 0.6) is 0 Å². The summed E-state index contributed by atoms with van der Waals surface area (Å²) in [5, 5.41) is 3.43. The van der Waals surface area contributed by atoms with Gasteiger partial charge in [0.2, 0.25) is 0 Å². The molecule has 0 aliphatic heterocycles. The Balaban J connectivity index is 2.66. The maximum Gasteiger partial charge on any atom is 0.122 e. The highest BCUT2D eigenvalue weighted by Gasteiger charge is 2.17. The quantitative estimate of drug-likeness (QED) is 0.679. The van der Waals surface area contributed by atoms with Crippen molar-refractivity contribution in [3.8, 4) is 0 Å². The summed E-state index contributed by atoms with van der Waals surface area (Å²) in [7, 11) is 3.46. The smallest absolute Gasteiger partial charge is 0.122 e. The topological polar surface area (TPSA) is 46.9 Å². The highest BCUT2D eigenvalue weighted by Crippen LogP contribution is 2.15. The second-order valence-electron chi connectivity index (χ2n) is 5.67. The fraction of sp³-hybridized carbons (Fsp3) is 0.750. The van der Waals surface area contributed by atoms with Gasteiger partial charge in [0.25, 0.3) is 0 Å². The van der Waals surface area contributed by atoms with Crippen molar-refractivity contribution in [3.05, 3.63) is 23.7 Å². The van der Waals surface area contributed by atoms with E-state index >= 15 is 0 Å². The normalized spacial score (nSPS) is 13.3. The Labute approximate surface area is 128 Å². The summed E-state index contributed by atoms with van der Waals surface area (Å²) < 4.78 is 16.1. The molecule has 1 rings (SSSR count). The molecule has 0 saturated carbocycles. The lowest BCUT2D eigenvalue weighted by Gasteiger charge is -2.28. The maximum absolute atomic E-state index is 5.67. The van der Waals surface area contributed by atoms with Gasteiger partial charge in [0.1, 0.15) is 5.76 Å². The Morgan fingerprint density at radius 2 is 2.00 bits per heavy atom. The van der Waals surface area contributed by atoms with Gasteiger partial charge in [0, 0.05) is 45.0 Å². The van der Waals surface area contributed by atoms with Gasteiger partial charge in [0.05, 0.1) is 26.0 Å². The molecule has 1 heterocycles. The fourth-order valence-electron chi connectivity index (χ4n) is 2.17. The summed E-state index contributed by atoms with van der Waals surface area (Å²) in [6.07, 6.45) is 1.77. The number of furan rings is 1. The van der Waals surface area contributed by atoms with Gasteiger partial charge in [-0.25, -0.2) is 0 Å². The van der Waals surface area contributed by atoms with Gasteiger partial charge in [-0.3, -0.25) is 4.90 Å². The van der Waals surface area contributed by atoms with Crippen LogP contribution >= 0.6 is 0 Å². The SMILES string of the molecule is COCCN(Cc1occc1CNC(C)C)C(C)COC. The monoisotopic (exact) mass is 298 g/mol. The molecule has 1 atom stereocenters. The minimum atomic E-state index is 0.321. The lowest BCUT2D eigenvalue weighted by atomic mass is 10.2. The van der Waals surface area contributed by atoms with Gasteiger partial charge >= 0.3 is 0 Å². The van der Waals surface area contributed by atoms with Crippen molar-refractivity contribution in [1.29, 1.82) is 0 Å². The first-order valence-electron chi connectivity index (χ1n) is 7.59. The summed E-state index contributed by atoms with van der Waals surface area (Å²) >= 11 is 0. The average Bonchev–Trinajstić information content (AvgIpc) is 2.88. The molecule has 5 nitrogen and oxygen atoms in total. The Hall–Kier alpha value is -0.880. The highest BCUT2D eigenvalue weighted by molar-refractivity contribution is 5.17. The van der Waals surface area contributed by atoms with Crippen molar-refractivity contribution in [1.82, 2.24) is 10.2 Å². The van der Waals surface area contributed by atoms with Gasteiger partial charge in [-0.2, -0.15) is 0 Å². The van der Waals surface area contributed by atoms with Crippen molar-refractivity contribution in [3.63, 3.8) is 0 Å². The van der Waals surface area contributed by atoms with Crippen LogP contribution in [0.1, 0.15) is 32.1 Å². The molecule has 0 amide bonds. The molecule has 0 fully saturated rings. The third-order valence-corrected chi connectivity index (χ3v) is 3.50. The Bertz CT molecular complexity index is 379. The zero-order chi connectivity index (χ0) is 15.7. The zero-order valence-electron chi connectivity index (χ0n) is 14.0. The predicted molar refractivity (Wildman–Crippen MR) is 84.3 cm³/mol. The Morgan fingerprint density at radius 1 is 1.24 bits per heavy atom. The largest absolute Gasteiger partial charge is 0.468 e. The van der Waals surface area contributed by atoms with E-state index < -0.39 is 0 Å². The molecule has 1 aromatic heterocycles. The summed E-state index contributed by atoms with van der Waals surface area (Å²) in [4.78, 5) is 2.32. The van der Waals surface area contributed by atoms with Crippen LogP contribution in [0.15, 0.2) is 16.7 Å². The van der Waals surface area contributed by atoms with E-state index in [9.17, 15) is 0 Å². The van der Waals surface area contributed by atoms with Crippen molar-refractivity contribution in [2.75, 3.05) is 34.0 Å². The molecule has 0 bridgehead atoms. The summed E-state index contributed by atoms with van der Waals surface area (Å²) in [5.41, 5.74) is 1.22. The number of nitrogens with zero attached hydrogens (tertiary/aromatic N) is 1. The van der Waals surface area contributed by atoms with Crippen LogP contribution in [0.3, 0.4) is 0 Å². The molecule has 0 spiro atoms. The summed E-state index contributed by atoms with van der Waals surface area (Å²) in [6, 6.07) is 2.83. The van der Waals surface area contributed by atoms with E-state index in [4.69, 9.17) is 13.9 Å². The van der Waals surface area contributed by atoms with Crippen LogP contribution in [0.4, 0.5) is 0 Å². The lowest BCUT2D eigenvalue weighted by molar-refractivity contribution is 0.0661. The van der Waals surface area contributed by atoms with E-state index in [1.54, 1.807) is 20.5 Å². The highest BCUT2D eigenvalue weighted by atomic mass is 16.5. The van der Waals surface area contributed by atoms with Crippen molar-refractivity contribution < 1.29 is 13.9 Å². The second-order valence-corrected chi connectivity index (χ2v) is 5.67. The minimum Gasteiger partial charge on any atom is -0.468 e. The first-order chi connectivity index (χ1) is 10.1. The van der Waals surface area contributed by atoms with E-state index in [0.717, 1.165) is 25.4 Å². The molecule has 5 heteroatoms. The van der Waals surface area contributed by atoms with E-state index in [-0.39, 0.29) is 0 Å². The molecule has 0 saturated heterocycles. The maximum atomic E-state index is 5.67. The zero-order valence-corrected chi connectivity index (χ0v) is 14.0. The van der Waals surface area contributed by atoms with Crippen LogP contribution in [0, 0.1) is 0 Å². The van der Waals surface area contributed by atoms with Crippen molar-refractivity contribution >= 4 is 0 Å². The van der Waals surface area contributed by atoms with Crippen LogP contribution in [-0.4, -0.2) is 51.0 Å². The van der Waals surface area contributed by atoms with Crippen molar-refractivity contribution in [2.45, 2.75) is 45.9 Å². The van der Waals surface area contributed by atoms with Gasteiger partial charge in [0.15, 0.2) is 0 Å². The molecular weight excluding hydrogens is 268 g/mol. The Morgan fingerprint density at radius 3 is 2.62 bits per heavy atom. The van der Waals surface area contributed by atoms with Crippen LogP contribution in [0.25, 0.3) is 0 Å². The molecule has 0 aliphatic carbocycles. The molecule has 122 valence electrons. The second kappa shape index (κ2) is 9.95.